The Bertz CT molecular complexity index is 611. The lowest BCUT2D eigenvalue weighted by atomic mass is 10.3. The molecule has 122 valence electrons. The van der Waals surface area contributed by atoms with Crippen molar-refractivity contribution in [2.75, 3.05) is 38.2 Å². The second-order valence-corrected chi connectivity index (χ2v) is 8.34. The molecule has 1 amide bonds. The third-order valence-corrected chi connectivity index (χ3v) is 6.34. The minimum absolute atomic E-state index is 0.0953. The minimum atomic E-state index is -3.51. The Hall–Kier alpha value is -0.760. The third kappa shape index (κ3) is 4.16. The van der Waals surface area contributed by atoms with Crippen LogP contribution in [0.4, 0.5) is 0 Å². The highest BCUT2D eigenvalue weighted by atomic mass is 35.5. The molecule has 0 unspecified atom stereocenters. The fourth-order valence-electron chi connectivity index (χ4n) is 2.28. The van der Waals surface area contributed by atoms with Crippen LogP contribution in [0.3, 0.4) is 0 Å². The zero-order valence-electron chi connectivity index (χ0n) is 12.4. The molecule has 1 aromatic carbocycles. The summed E-state index contributed by atoms with van der Waals surface area (Å²) in [4.78, 5) is 13.9. The largest absolute Gasteiger partial charge is 0.340 e. The van der Waals surface area contributed by atoms with E-state index >= 15 is 0 Å². The summed E-state index contributed by atoms with van der Waals surface area (Å²) in [6.45, 7) is 1.55. The van der Waals surface area contributed by atoms with E-state index in [-0.39, 0.29) is 10.8 Å². The smallest absolute Gasteiger partial charge is 0.243 e. The summed E-state index contributed by atoms with van der Waals surface area (Å²) in [6.07, 6.45) is 2.47. The Balaban J connectivity index is 1.98. The quantitative estimate of drug-likeness (QED) is 0.803. The van der Waals surface area contributed by atoms with Crippen molar-refractivity contribution in [3.05, 3.63) is 29.3 Å². The Morgan fingerprint density at radius 1 is 1.18 bits per heavy atom. The van der Waals surface area contributed by atoms with E-state index in [1.807, 2.05) is 6.26 Å². The first-order valence-corrected chi connectivity index (χ1v) is 10.2. The van der Waals surface area contributed by atoms with Crippen LogP contribution in [-0.4, -0.2) is 61.7 Å². The summed E-state index contributed by atoms with van der Waals surface area (Å²) >= 11 is 7.42. The van der Waals surface area contributed by atoms with Gasteiger partial charge in [0, 0.05) is 43.4 Å². The average Bonchev–Trinajstić information content (AvgIpc) is 2.53. The number of hydrogen-bond donors (Lipinski definition) is 0. The highest BCUT2D eigenvalue weighted by Crippen LogP contribution is 2.20. The molecule has 2 rings (SSSR count). The zero-order chi connectivity index (χ0) is 16.2. The van der Waals surface area contributed by atoms with Gasteiger partial charge in [-0.05, 0) is 30.5 Å². The second kappa shape index (κ2) is 7.68. The number of piperazine rings is 1. The van der Waals surface area contributed by atoms with Crippen LogP contribution in [0.5, 0.6) is 0 Å². The molecule has 1 aliphatic heterocycles. The van der Waals surface area contributed by atoms with Gasteiger partial charge in [-0.2, -0.15) is 16.1 Å². The normalized spacial score (nSPS) is 16.7. The molecule has 0 N–H and O–H groups in total. The zero-order valence-corrected chi connectivity index (χ0v) is 14.8. The maximum atomic E-state index is 12.5. The van der Waals surface area contributed by atoms with Crippen LogP contribution < -0.4 is 0 Å². The van der Waals surface area contributed by atoms with Crippen LogP contribution >= 0.6 is 23.4 Å². The van der Waals surface area contributed by atoms with Gasteiger partial charge in [0.25, 0.3) is 0 Å². The van der Waals surface area contributed by atoms with E-state index in [1.54, 1.807) is 28.8 Å². The highest BCUT2D eigenvalue weighted by molar-refractivity contribution is 7.98. The molecule has 0 spiro atoms. The molecule has 0 aliphatic carbocycles. The summed E-state index contributed by atoms with van der Waals surface area (Å²) < 4.78 is 26.5. The van der Waals surface area contributed by atoms with Crippen molar-refractivity contribution in [1.82, 2.24) is 9.21 Å². The molecule has 5 nitrogen and oxygen atoms in total. The topological polar surface area (TPSA) is 57.7 Å². The van der Waals surface area contributed by atoms with Crippen molar-refractivity contribution < 1.29 is 13.2 Å². The molecule has 1 aromatic rings. The van der Waals surface area contributed by atoms with Crippen molar-refractivity contribution in [2.45, 2.75) is 11.3 Å². The van der Waals surface area contributed by atoms with Gasteiger partial charge in [0.1, 0.15) is 0 Å². The molecular weight excluding hydrogens is 344 g/mol. The number of benzene rings is 1. The first kappa shape index (κ1) is 17.6. The molecule has 8 heteroatoms. The van der Waals surface area contributed by atoms with Crippen molar-refractivity contribution in [3.8, 4) is 0 Å². The van der Waals surface area contributed by atoms with E-state index < -0.39 is 10.0 Å². The molecule has 0 atom stereocenters. The maximum absolute atomic E-state index is 12.5. The molecule has 1 heterocycles. The van der Waals surface area contributed by atoms with E-state index in [0.717, 1.165) is 5.75 Å². The number of sulfonamides is 1. The van der Waals surface area contributed by atoms with E-state index in [1.165, 1.54) is 16.4 Å². The van der Waals surface area contributed by atoms with Gasteiger partial charge in [-0.3, -0.25) is 4.79 Å². The van der Waals surface area contributed by atoms with Crippen molar-refractivity contribution in [1.29, 1.82) is 0 Å². The summed E-state index contributed by atoms with van der Waals surface area (Å²) in [5, 5.41) is 0.503. The summed E-state index contributed by atoms with van der Waals surface area (Å²) in [5.41, 5.74) is 0. The van der Waals surface area contributed by atoms with Crippen LogP contribution in [0.25, 0.3) is 0 Å². The van der Waals surface area contributed by atoms with Gasteiger partial charge in [0.2, 0.25) is 15.9 Å². The van der Waals surface area contributed by atoms with Crippen LogP contribution in [0.2, 0.25) is 5.02 Å². The Morgan fingerprint density at radius 2 is 1.77 bits per heavy atom. The van der Waals surface area contributed by atoms with E-state index in [4.69, 9.17) is 11.6 Å². The van der Waals surface area contributed by atoms with Crippen LogP contribution in [0.1, 0.15) is 6.42 Å². The monoisotopic (exact) mass is 362 g/mol. The lowest BCUT2D eigenvalue weighted by Crippen LogP contribution is -2.50. The first-order valence-electron chi connectivity index (χ1n) is 6.97. The van der Waals surface area contributed by atoms with Crippen molar-refractivity contribution in [2.24, 2.45) is 0 Å². The summed E-state index contributed by atoms with van der Waals surface area (Å²) in [6, 6.07) is 6.15. The number of amides is 1. The van der Waals surface area contributed by atoms with E-state index in [9.17, 15) is 13.2 Å². The first-order chi connectivity index (χ1) is 10.4. The number of rotatable bonds is 5. The van der Waals surface area contributed by atoms with Crippen molar-refractivity contribution in [3.63, 3.8) is 0 Å². The Morgan fingerprint density at radius 3 is 2.32 bits per heavy atom. The molecule has 1 saturated heterocycles. The number of halogens is 1. The van der Waals surface area contributed by atoms with Gasteiger partial charge in [-0.15, -0.1) is 0 Å². The molecule has 0 aromatic heterocycles. The highest BCUT2D eigenvalue weighted by Gasteiger charge is 2.29. The molecule has 22 heavy (non-hydrogen) atoms. The Kier molecular flexibility index (Phi) is 6.14. The lowest BCUT2D eigenvalue weighted by Gasteiger charge is -2.34. The third-order valence-electron chi connectivity index (χ3n) is 3.56. The number of thioether (sulfide) groups is 1. The van der Waals surface area contributed by atoms with Crippen LogP contribution in [-0.2, 0) is 14.8 Å². The fraction of sp³-hybridized carbons (Fsp3) is 0.500. The van der Waals surface area contributed by atoms with E-state index in [0.29, 0.717) is 37.6 Å². The lowest BCUT2D eigenvalue weighted by molar-refractivity contribution is -0.131. The molecule has 0 bridgehead atoms. The molecule has 1 aliphatic rings. The second-order valence-electron chi connectivity index (χ2n) is 4.98. The summed E-state index contributed by atoms with van der Waals surface area (Å²) in [5.74, 6) is 0.889. The number of nitrogens with zero attached hydrogens (tertiary/aromatic N) is 2. The predicted octanol–water partition coefficient (Wildman–Crippen LogP) is 1.93. The number of carbonyl (C=O) groups excluding carboxylic acids is 1. The van der Waals surface area contributed by atoms with Gasteiger partial charge in [0.15, 0.2) is 0 Å². The fourth-order valence-corrected chi connectivity index (χ4v) is 4.21. The van der Waals surface area contributed by atoms with Gasteiger partial charge >= 0.3 is 0 Å². The minimum Gasteiger partial charge on any atom is -0.340 e. The molecule has 0 radical (unpaired) electrons. The maximum Gasteiger partial charge on any atom is 0.243 e. The SMILES string of the molecule is CSCCC(=O)N1CCN(S(=O)(=O)c2ccc(Cl)cc2)CC1. The van der Waals surface area contributed by atoms with E-state index in [2.05, 4.69) is 0 Å². The molecule has 1 fully saturated rings. The van der Waals surface area contributed by atoms with Gasteiger partial charge in [0.05, 0.1) is 4.90 Å². The number of hydrogen-bond acceptors (Lipinski definition) is 4. The standard InChI is InChI=1S/C14H19ClN2O3S2/c1-21-11-6-14(18)16-7-9-17(10-8-16)22(19,20)13-4-2-12(15)3-5-13/h2-5H,6-11H2,1H3. The molecule has 0 saturated carbocycles. The average molecular weight is 363 g/mol. The van der Waals surface area contributed by atoms with Gasteiger partial charge in [-0.25, -0.2) is 8.42 Å². The van der Waals surface area contributed by atoms with Gasteiger partial charge in [-0.1, -0.05) is 11.6 Å². The van der Waals surface area contributed by atoms with Crippen LogP contribution in [0, 0.1) is 0 Å². The number of carbonyl (C=O) groups is 1. The van der Waals surface area contributed by atoms with Gasteiger partial charge < -0.3 is 4.90 Å². The van der Waals surface area contributed by atoms with Crippen LogP contribution in [0.15, 0.2) is 29.2 Å². The Labute approximate surface area is 140 Å². The summed E-state index contributed by atoms with van der Waals surface area (Å²) in [7, 11) is -3.51. The molecular formula is C14H19ClN2O3S2. The predicted molar refractivity (Wildman–Crippen MR) is 89.8 cm³/mol. The van der Waals surface area contributed by atoms with Crippen molar-refractivity contribution >= 4 is 39.3 Å².